The average molecular weight is 383 g/mol. The smallest absolute Gasteiger partial charge is 0.152 e. The summed E-state index contributed by atoms with van der Waals surface area (Å²) >= 11 is 6.85. The molecule has 5 heteroatoms. The van der Waals surface area contributed by atoms with E-state index in [0.29, 0.717) is 6.54 Å². The van der Waals surface area contributed by atoms with Crippen LogP contribution >= 0.6 is 31.9 Å². The predicted molar refractivity (Wildman–Crippen MR) is 81.4 cm³/mol. The van der Waals surface area contributed by atoms with Crippen LogP contribution in [0.1, 0.15) is 0 Å². The molecule has 1 aliphatic heterocycles. The number of rotatable bonds is 2. The molecule has 19 heavy (non-hydrogen) atoms. The molecule has 1 heterocycles. The van der Waals surface area contributed by atoms with Crippen LogP contribution in [0.25, 0.3) is 0 Å². The molecule has 0 aromatic heterocycles. The third-order valence-electron chi connectivity index (χ3n) is 2.90. The van der Waals surface area contributed by atoms with Crippen molar-refractivity contribution in [2.45, 2.75) is 0 Å². The highest BCUT2D eigenvalue weighted by molar-refractivity contribution is 9.10. The van der Waals surface area contributed by atoms with E-state index in [9.17, 15) is 4.79 Å². The molecule has 0 radical (unpaired) electrons. The summed E-state index contributed by atoms with van der Waals surface area (Å²) in [5.41, 5.74) is 1.79. The molecule has 0 saturated heterocycles. The van der Waals surface area contributed by atoms with Gasteiger partial charge in [-0.2, -0.15) is 0 Å². The minimum Gasteiger partial charge on any atom is -0.453 e. The topological polar surface area (TPSA) is 29.5 Å². The fourth-order valence-electron chi connectivity index (χ4n) is 2.10. The van der Waals surface area contributed by atoms with E-state index in [1.165, 1.54) is 0 Å². The van der Waals surface area contributed by atoms with Gasteiger partial charge >= 0.3 is 0 Å². The normalized spacial score (nSPS) is 12.4. The highest BCUT2D eigenvalue weighted by atomic mass is 79.9. The third-order valence-corrected chi connectivity index (χ3v) is 3.89. The van der Waals surface area contributed by atoms with Crippen molar-refractivity contribution in [1.29, 1.82) is 0 Å². The lowest BCUT2D eigenvalue weighted by atomic mass is 10.1. The van der Waals surface area contributed by atoms with Crippen LogP contribution < -0.4 is 9.64 Å². The summed E-state index contributed by atoms with van der Waals surface area (Å²) in [6.45, 7) is 0.298. The van der Waals surface area contributed by atoms with Crippen LogP contribution in [0.5, 0.6) is 11.5 Å². The average Bonchev–Trinajstić information content (AvgIpc) is 2.37. The molecule has 0 fully saturated rings. The molecular weight excluding hydrogens is 374 g/mol. The van der Waals surface area contributed by atoms with E-state index in [-0.39, 0.29) is 0 Å². The number of anilines is 2. The molecule has 0 saturated carbocycles. The van der Waals surface area contributed by atoms with Crippen molar-refractivity contribution in [3.05, 3.63) is 45.3 Å². The summed E-state index contributed by atoms with van der Waals surface area (Å²) in [7, 11) is 0. The second kappa shape index (κ2) is 4.98. The zero-order valence-corrected chi connectivity index (χ0v) is 12.9. The maximum atomic E-state index is 10.9. The monoisotopic (exact) mass is 381 g/mol. The summed E-state index contributed by atoms with van der Waals surface area (Å²) in [4.78, 5) is 12.9. The first kappa shape index (κ1) is 12.7. The standard InChI is InChI=1S/C14H9Br2NO2/c15-9-1-3-11-13(7-9)19-14-8-10(16)2-4-12(14)17(11)5-6-18/h1-4,6-8H,5H2. The van der Waals surface area contributed by atoms with Crippen LogP contribution in [0, 0.1) is 0 Å². The highest BCUT2D eigenvalue weighted by Crippen LogP contribution is 2.47. The third kappa shape index (κ3) is 2.28. The number of carbonyl (C=O) groups is 1. The Morgan fingerprint density at radius 2 is 1.53 bits per heavy atom. The fourth-order valence-corrected chi connectivity index (χ4v) is 2.79. The van der Waals surface area contributed by atoms with E-state index in [1.807, 2.05) is 41.3 Å². The summed E-state index contributed by atoms with van der Waals surface area (Å²) in [5, 5.41) is 0. The molecule has 0 unspecified atom stereocenters. The Morgan fingerprint density at radius 1 is 1.00 bits per heavy atom. The van der Waals surface area contributed by atoms with Crippen molar-refractivity contribution in [2.75, 3.05) is 11.4 Å². The number of hydrogen-bond acceptors (Lipinski definition) is 3. The van der Waals surface area contributed by atoms with Crippen molar-refractivity contribution in [3.8, 4) is 11.5 Å². The Morgan fingerprint density at radius 3 is 2.00 bits per heavy atom. The van der Waals surface area contributed by atoms with Crippen molar-refractivity contribution in [1.82, 2.24) is 0 Å². The quantitative estimate of drug-likeness (QED) is 0.707. The van der Waals surface area contributed by atoms with E-state index < -0.39 is 0 Å². The first-order chi connectivity index (χ1) is 9.19. The number of benzene rings is 2. The molecule has 96 valence electrons. The van der Waals surface area contributed by atoms with Gasteiger partial charge in [-0.05, 0) is 36.4 Å². The molecule has 0 spiro atoms. The number of hydrogen-bond donors (Lipinski definition) is 0. The second-order valence-corrected chi connectivity index (χ2v) is 5.93. The molecule has 2 aromatic carbocycles. The first-order valence-electron chi connectivity index (χ1n) is 5.67. The van der Waals surface area contributed by atoms with Crippen LogP contribution in [0.15, 0.2) is 45.3 Å². The zero-order chi connectivity index (χ0) is 13.4. The summed E-state index contributed by atoms with van der Waals surface area (Å²) in [5.74, 6) is 1.48. The summed E-state index contributed by atoms with van der Waals surface area (Å²) in [6, 6.07) is 11.5. The molecule has 0 aliphatic carbocycles. The number of fused-ring (bicyclic) bond motifs is 2. The molecule has 2 aromatic rings. The van der Waals surface area contributed by atoms with Gasteiger partial charge in [-0.25, -0.2) is 0 Å². The number of halogens is 2. The molecule has 0 bridgehead atoms. The maximum Gasteiger partial charge on any atom is 0.152 e. The minimum absolute atomic E-state index is 0.298. The van der Waals surface area contributed by atoms with Crippen molar-refractivity contribution < 1.29 is 9.53 Å². The largest absolute Gasteiger partial charge is 0.453 e. The van der Waals surface area contributed by atoms with Gasteiger partial charge in [0.1, 0.15) is 6.29 Å². The van der Waals surface area contributed by atoms with Crippen LogP contribution in [0.4, 0.5) is 11.4 Å². The van der Waals surface area contributed by atoms with Gasteiger partial charge in [0, 0.05) is 8.95 Å². The number of aldehydes is 1. The summed E-state index contributed by atoms with van der Waals surface area (Å²) < 4.78 is 7.78. The maximum absolute atomic E-state index is 10.9. The van der Waals surface area contributed by atoms with E-state index in [4.69, 9.17) is 4.74 Å². The molecular formula is C14H9Br2NO2. The van der Waals surface area contributed by atoms with Crippen LogP contribution in [-0.2, 0) is 4.79 Å². The summed E-state index contributed by atoms with van der Waals surface area (Å²) in [6.07, 6.45) is 0.892. The van der Waals surface area contributed by atoms with Crippen LogP contribution in [0.2, 0.25) is 0 Å². The van der Waals surface area contributed by atoms with Gasteiger partial charge in [-0.15, -0.1) is 0 Å². The number of carbonyl (C=O) groups excluding carboxylic acids is 1. The van der Waals surface area contributed by atoms with Crippen molar-refractivity contribution in [2.24, 2.45) is 0 Å². The molecule has 3 nitrogen and oxygen atoms in total. The Hall–Kier alpha value is -1.33. The zero-order valence-electron chi connectivity index (χ0n) is 9.77. The van der Waals surface area contributed by atoms with Gasteiger partial charge in [0.15, 0.2) is 11.5 Å². The van der Waals surface area contributed by atoms with Gasteiger partial charge < -0.3 is 14.4 Å². The van der Waals surface area contributed by atoms with Crippen LogP contribution in [0.3, 0.4) is 0 Å². The van der Waals surface area contributed by atoms with Crippen LogP contribution in [-0.4, -0.2) is 12.8 Å². The molecule has 0 amide bonds. The molecule has 1 aliphatic rings. The van der Waals surface area contributed by atoms with Gasteiger partial charge in [0.05, 0.1) is 17.9 Å². The molecule has 0 atom stereocenters. The van der Waals surface area contributed by atoms with Gasteiger partial charge in [0.25, 0.3) is 0 Å². The predicted octanol–water partition coefficient (Wildman–Crippen LogP) is 4.65. The van der Waals surface area contributed by atoms with Crippen molar-refractivity contribution in [3.63, 3.8) is 0 Å². The first-order valence-corrected chi connectivity index (χ1v) is 7.26. The second-order valence-electron chi connectivity index (χ2n) is 4.10. The SMILES string of the molecule is O=CCN1c2ccc(Br)cc2Oc2cc(Br)ccc21. The lowest BCUT2D eigenvalue weighted by Gasteiger charge is -2.31. The van der Waals surface area contributed by atoms with E-state index >= 15 is 0 Å². The molecule has 3 rings (SSSR count). The van der Waals surface area contributed by atoms with Gasteiger partial charge in [0.2, 0.25) is 0 Å². The Balaban J connectivity index is 2.17. The number of nitrogens with zero attached hydrogens (tertiary/aromatic N) is 1. The highest BCUT2D eigenvalue weighted by Gasteiger charge is 2.24. The van der Waals surface area contributed by atoms with Gasteiger partial charge in [-0.1, -0.05) is 31.9 Å². The Bertz CT molecular complexity index is 606. The van der Waals surface area contributed by atoms with E-state index in [0.717, 1.165) is 38.1 Å². The lowest BCUT2D eigenvalue weighted by Crippen LogP contribution is -2.23. The fraction of sp³-hybridized carbons (Fsp3) is 0.0714. The van der Waals surface area contributed by atoms with E-state index in [1.54, 1.807) is 0 Å². The minimum atomic E-state index is 0.298. The molecule has 0 N–H and O–H groups in total. The Kier molecular flexibility index (Phi) is 3.33. The number of ether oxygens (including phenoxy) is 1. The Labute approximate surface area is 127 Å². The van der Waals surface area contributed by atoms with Gasteiger partial charge in [-0.3, -0.25) is 0 Å². The van der Waals surface area contributed by atoms with E-state index in [2.05, 4.69) is 31.9 Å². The lowest BCUT2D eigenvalue weighted by molar-refractivity contribution is -0.106. The van der Waals surface area contributed by atoms with Crippen molar-refractivity contribution >= 4 is 49.5 Å².